The van der Waals surface area contributed by atoms with Crippen LogP contribution in [-0.2, 0) is 16.4 Å². The molecule has 8 nitrogen and oxygen atoms in total. The van der Waals surface area contributed by atoms with Gasteiger partial charge in [0.05, 0.1) is 33.5 Å². The molecule has 3 aliphatic rings. The van der Waals surface area contributed by atoms with Crippen LogP contribution in [0.1, 0.15) is 60.8 Å². The first-order valence-corrected chi connectivity index (χ1v) is 16.9. The van der Waals surface area contributed by atoms with E-state index in [0.717, 1.165) is 29.0 Å². The van der Waals surface area contributed by atoms with Crippen LogP contribution < -0.4 is 0 Å². The number of aromatic nitrogens is 3. The van der Waals surface area contributed by atoms with Gasteiger partial charge in [0.1, 0.15) is 17.3 Å². The third-order valence-corrected chi connectivity index (χ3v) is 11.8. The van der Waals surface area contributed by atoms with Crippen molar-refractivity contribution in [3.63, 3.8) is 0 Å². The molecule has 2 atom stereocenters. The molecule has 0 saturated heterocycles. The minimum Gasteiger partial charge on any atom is -0.390 e. The topological polar surface area (TPSA) is 105 Å². The summed E-state index contributed by atoms with van der Waals surface area (Å²) in [4.78, 5) is 18.9. The van der Waals surface area contributed by atoms with Crippen molar-refractivity contribution >= 4 is 33.5 Å². The van der Waals surface area contributed by atoms with Gasteiger partial charge in [0.2, 0.25) is 10.0 Å². The lowest BCUT2D eigenvalue weighted by molar-refractivity contribution is -0.0689. The van der Waals surface area contributed by atoms with Crippen molar-refractivity contribution in [1.82, 2.24) is 19.1 Å². The number of nitrogens with zero attached hydrogens (tertiary/aromatic N) is 4. The molecule has 2 heterocycles. The van der Waals surface area contributed by atoms with Gasteiger partial charge in [0, 0.05) is 23.3 Å². The number of sulfonamides is 1. The quantitative estimate of drug-likeness (QED) is 0.237. The summed E-state index contributed by atoms with van der Waals surface area (Å²) >= 11 is 6.29. The number of Topliss-reactive ketones (excluding diaryl/α,β-unsaturated/α-hetero) is 1. The van der Waals surface area contributed by atoms with Crippen LogP contribution in [-0.4, -0.2) is 56.1 Å². The minimum atomic E-state index is -4.14. The zero-order chi connectivity index (χ0) is 32.4. The third kappa shape index (κ3) is 5.29. The lowest BCUT2D eigenvalue weighted by Crippen LogP contribution is -2.60. The smallest absolute Gasteiger partial charge is 0.243 e. The Labute approximate surface area is 270 Å². The molecule has 0 amide bonds. The zero-order valence-electron chi connectivity index (χ0n) is 24.9. The number of pyridine rings is 1. The van der Waals surface area contributed by atoms with Crippen molar-refractivity contribution in [3.05, 3.63) is 112 Å². The molecule has 3 aliphatic carbocycles. The minimum absolute atomic E-state index is 0.0508. The maximum atomic E-state index is 14.6. The van der Waals surface area contributed by atoms with Crippen LogP contribution in [0.15, 0.2) is 83.5 Å². The first kappa shape index (κ1) is 30.9. The molecule has 238 valence electrons. The Morgan fingerprint density at radius 1 is 1.02 bits per heavy atom. The van der Waals surface area contributed by atoms with Gasteiger partial charge in [0.15, 0.2) is 5.78 Å². The molecule has 2 saturated carbocycles. The number of hydrogen-bond acceptors (Lipinski definition) is 6. The molecule has 46 heavy (non-hydrogen) atoms. The number of ketones is 1. The highest BCUT2D eigenvalue weighted by molar-refractivity contribution is 7.89. The molecule has 0 unspecified atom stereocenters. The number of carbonyl (C=O) groups is 1. The SMILES string of the molecule is C[C@]1(O)C[C@@H](N([C@H]2CCC3=Cc4c(cnn4-c4ccc(F)cc4)C[C@]3(C(=O)c3cc(Cl)ccn3)C2)S(=O)(=O)c2ccc(F)cc2)C1. The van der Waals surface area contributed by atoms with Gasteiger partial charge in [-0.2, -0.15) is 9.40 Å². The second-order valence-electron chi connectivity index (χ2n) is 12.8. The van der Waals surface area contributed by atoms with Crippen LogP contribution >= 0.6 is 11.6 Å². The van der Waals surface area contributed by atoms with E-state index in [-0.39, 0.29) is 47.9 Å². The van der Waals surface area contributed by atoms with E-state index in [1.807, 2.05) is 6.08 Å². The molecule has 12 heteroatoms. The Kier molecular flexibility index (Phi) is 7.51. The van der Waals surface area contributed by atoms with Crippen molar-refractivity contribution in [2.24, 2.45) is 5.41 Å². The summed E-state index contributed by atoms with van der Waals surface area (Å²) in [6, 6.07) is 12.7. The molecule has 0 bridgehead atoms. The highest BCUT2D eigenvalue weighted by atomic mass is 35.5. The van der Waals surface area contributed by atoms with Gasteiger partial charge in [-0.25, -0.2) is 21.9 Å². The Morgan fingerprint density at radius 3 is 2.35 bits per heavy atom. The van der Waals surface area contributed by atoms with Gasteiger partial charge in [0.25, 0.3) is 0 Å². The van der Waals surface area contributed by atoms with E-state index >= 15 is 0 Å². The molecule has 4 aromatic rings. The third-order valence-electron chi connectivity index (χ3n) is 9.56. The standard InChI is InChI=1S/C34H31ClF2N4O4S/c1-33(43)17-28(18-33)41(46(44,45)29-10-5-25(37)6-11-29)27-7-2-22-14-31-21(20-39-40(31)26-8-3-24(36)4-9-26)16-34(22,19-27)32(42)30-15-23(35)12-13-38-30/h3-6,8-15,20,27-28,43H,2,7,16-19H2,1H3/t27-,28-,33+,34-/m0/s1. The summed E-state index contributed by atoms with van der Waals surface area (Å²) in [6.45, 7) is 1.67. The van der Waals surface area contributed by atoms with Gasteiger partial charge in [-0.1, -0.05) is 17.2 Å². The Bertz CT molecular complexity index is 1970. The van der Waals surface area contributed by atoms with Crippen molar-refractivity contribution in [2.45, 2.75) is 68.0 Å². The lowest BCUT2D eigenvalue weighted by atomic mass is 9.60. The number of carbonyl (C=O) groups excluding carboxylic acids is 1. The fourth-order valence-electron chi connectivity index (χ4n) is 7.42. The van der Waals surface area contributed by atoms with Gasteiger partial charge < -0.3 is 5.11 Å². The van der Waals surface area contributed by atoms with E-state index in [4.69, 9.17) is 11.6 Å². The summed E-state index contributed by atoms with van der Waals surface area (Å²) < 4.78 is 59.2. The number of hydrogen-bond donors (Lipinski definition) is 1. The predicted molar refractivity (Wildman–Crippen MR) is 168 cm³/mol. The number of allylic oxidation sites excluding steroid dienone is 1. The number of benzene rings is 2. The average molecular weight is 665 g/mol. The summed E-state index contributed by atoms with van der Waals surface area (Å²) in [6.07, 6.45) is 6.80. The second kappa shape index (κ2) is 11.2. The van der Waals surface area contributed by atoms with Crippen LogP contribution in [0.5, 0.6) is 0 Å². The number of rotatable bonds is 7. The molecule has 0 spiro atoms. The van der Waals surface area contributed by atoms with E-state index in [2.05, 4.69) is 10.1 Å². The molecule has 7 rings (SSSR count). The van der Waals surface area contributed by atoms with Crippen LogP contribution in [0, 0.1) is 17.0 Å². The molecular formula is C34H31ClF2N4O4S. The summed E-state index contributed by atoms with van der Waals surface area (Å²) in [5.74, 6) is -1.19. The average Bonchev–Trinajstić information content (AvgIpc) is 3.41. The maximum absolute atomic E-state index is 14.6. The van der Waals surface area contributed by atoms with Gasteiger partial charge in [-0.05, 0) is 118 Å². The van der Waals surface area contributed by atoms with E-state index < -0.39 is 38.9 Å². The normalized spacial score (nSPS) is 25.7. The molecule has 2 aromatic heterocycles. The monoisotopic (exact) mass is 664 g/mol. The molecule has 2 fully saturated rings. The lowest BCUT2D eigenvalue weighted by Gasteiger charge is -2.52. The predicted octanol–water partition coefficient (Wildman–Crippen LogP) is 6.16. The first-order chi connectivity index (χ1) is 21.9. The maximum Gasteiger partial charge on any atom is 0.243 e. The van der Waals surface area contributed by atoms with Crippen molar-refractivity contribution in [1.29, 1.82) is 0 Å². The largest absolute Gasteiger partial charge is 0.390 e. The highest BCUT2D eigenvalue weighted by Crippen LogP contribution is 2.53. The van der Waals surface area contributed by atoms with Crippen LogP contribution in [0.3, 0.4) is 0 Å². The molecule has 1 N–H and O–H groups in total. The van der Waals surface area contributed by atoms with Crippen molar-refractivity contribution < 1.29 is 27.1 Å². The number of aliphatic hydroxyl groups is 1. The van der Waals surface area contributed by atoms with E-state index in [9.17, 15) is 27.1 Å². The van der Waals surface area contributed by atoms with Crippen LogP contribution in [0.2, 0.25) is 5.02 Å². The molecule has 0 aliphatic heterocycles. The number of fused-ring (bicyclic) bond motifs is 2. The molecular weight excluding hydrogens is 634 g/mol. The first-order valence-electron chi connectivity index (χ1n) is 15.1. The van der Waals surface area contributed by atoms with E-state index in [0.29, 0.717) is 23.6 Å². The van der Waals surface area contributed by atoms with Crippen LogP contribution in [0.25, 0.3) is 11.8 Å². The van der Waals surface area contributed by atoms with Crippen LogP contribution in [0.4, 0.5) is 8.78 Å². The van der Waals surface area contributed by atoms with Gasteiger partial charge in [-0.3, -0.25) is 9.78 Å². The van der Waals surface area contributed by atoms with Crippen molar-refractivity contribution in [3.8, 4) is 5.69 Å². The highest BCUT2D eigenvalue weighted by Gasteiger charge is 2.55. The zero-order valence-corrected chi connectivity index (χ0v) is 26.5. The summed E-state index contributed by atoms with van der Waals surface area (Å²) in [5.41, 5.74) is 1.04. The van der Waals surface area contributed by atoms with Gasteiger partial charge in [-0.15, -0.1) is 0 Å². The fraction of sp³-hybridized carbons (Fsp3) is 0.324. The molecule has 2 aromatic carbocycles. The summed E-state index contributed by atoms with van der Waals surface area (Å²) in [7, 11) is -4.14. The van der Waals surface area contributed by atoms with E-state index in [1.165, 1.54) is 40.8 Å². The Balaban J connectivity index is 1.33. The molecule has 0 radical (unpaired) electrons. The van der Waals surface area contributed by atoms with Crippen molar-refractivity contribution in [2.75, 3.05) is 0 Å². The van der Waals surface area contributed by atoms with Gasteiger partial charge >= 0.3 is 0 Å². The summed E-state index contributed by atoms with van der Waals surface area (Å²) in [5, 5.41) is 15.6. The Hall–Kier alpha value is -3.77. The number of halogens is 3. The fourth-order valence-corrected chi connectivity index (χ4v) is 9.41. The second-order valence-corrected chi connectivity index (χ2v) is 15.1. The Morgan fingerprint density at radius 2 is 1.70 bits per heavy atom. The van der Waals surface area contributed by atoms with E-state index in [1.54, 1.807) is 36.0 Å².